The Kier molecular flexibility index (Phi) is 12.1. The Hall–Kier alpha value is -0.120. The minimum absolute atomic E-state index is 0. The van der Waals surface area contributed by atoms with Gasteiger partial charge in [0.15, 0.2) is 5.78 Å². The first kappa shape index (κ1) is 18.6. The van der Waals surface area contributed by atoms with E-state index in [0.29, 0.717) is 0 Å². The molecule has 0 heterocycles. The number of carbonyl (C=O) groups is 2. The molecule has 0 fully saturated rings. The summed E-state index contributed by atoms with van der Waals surface area (Å²) in [6.07, 6.45) is 0. The summed E-state index contributed by atoms with van der Waals surface area (Å²) < 4.78 is 0. The smallest absolute Gasteiger partial charge is 0.218 e. The van der Waals surface area contributed by atoms with Crippen LogP contribution in [0.15, 0.2) is 0 Å². The zero-order chi connectivity index (χ0) is 10.4. The number of nitrogens with two attached hydrogens (primary N) is 1. The Balaban J connectivity index is -0.000000173. The van der Waals surface area contributed by atoms with Crippen LogP contribution in [-0.2, 0) is 9.59 Å². The standard InChI is InChI=1S/C6H13NO.C2H3ClO.ClH/c1-6(2,3)5(8)4-7;1-2(3)4;/h4,7H2,1-3H3;1H3;1H. The third kappa shape index (κ3) is 18.7. The molecule has 0 radical (unpaired) electrons. The highest BCUT2D eigenvalue weighted by molar-refractivity contribution is 6.62. The van der Waals surface area contributed by atoms with Crippen molar-refractivity contribution in [3.05, 3.63) is 0 Å². The molecular formula is C8H17Cl2NO2. The molecule has 0 atom stereocenters. The van der Waals surface area contributed by atoms with Gasteiger partial charge in [-0.25, -0.2) is 0 Å². The van der Waals surface area contributed by atoms with Gasteiger partial charge in [0.2, 0.25) is 5.24 Å². The summed E-state index contributed by atoms with van der Waals surface area (Å²) in [6.45, 7) is 7.04. The van der Waals surface area contributed by atoms with E-state index in [2.05, 4.69) is 11.6 Å². The highest BCUT2D eigenvalue weighted by Crippen LogP contribution is 2.12. The van der Waals surface area contributed by atoms with E-state index >= 15 is 0 Å². The van der Waals surface area contributed by atoms with Crippen LogP contribution >= 0.6 is 24.0 Å². The number of hydrogen-bond acceptors (Lipinski definition) is 3. The number of halogens is 2. The van der Waals surface area contributed by atoms with Gasteiger partial charge in [0.05, 0.1) is 6.54 Å². The fraction of sp³-hybridized carbons (Fsp3) is 0.750. The number of Topliss-reactive ketones (excluding diaryl/α,β-unsaturated/α-hetero) is 1. The maximum absolute atomic E-state index is 10.7. The van der Waals surface area contributed by atoms with E-state index in [1.54, 1.807) is 0 Å². The molecule has 0 aromatic rings. The third-order valence-corrected chi connectivity index (χ3v) is 1.02. The molecule has 0 spiro atoms. The van der Waals surface area contributed by atoms with Crippen LogP contribution in [0.1, 0.15) is 27.7 Å². The minimum Gasteiger partial charge on any atom is -0.324 e. The summed E-state index contributed by atoms with van der Waals surface area (Å²) in [5, 5.41) is -0.361. The second-order valence-electron chi connectivity index (χ2n) is 3.35. The molecule has 0 saturated carbocycles. The van der Waals surface area contributed by atoms with Gasteiger partial charge in [0.1, 0.15) is 0 Å². The van der Waals surface area contributed by atoms with Gasteiger partial charge in [-0.3, -0.25) is 9.59 Å². The van der Waals surface area contributed by atoms with E-state index in [0.717, 1.165) is 0 Å². The Labute approximate surface area is 90.4 Å². The van der Waals surface area contributed by atoms with Gasteiger partial charge in [-0.15, -0.1) is 12.4 Å². The lowest BCUT2D eigenvalue weighted by Gasteiger charge is -2.13. The second-order valence-corrected chi connectivity index (χ2v) is 3.88. The van der Waals surface area contributed by atoms with Gasteiger partial charge in [0, 0.05) is 12.3 Å². The molecule has 0 rings (SSSR count). The van der Waals surface area contributed by atoms with Crippen molar-refractivity contribution in [3.8, 4) is 0 Å². The number of ketones is 1. The predicted octanol–water partition coefficient (Wildman–Crippen LogP) is 1.75. The van der Waals surface area contributed by atoms with Crippen molar-refractivity contribution in [3.63, 3.8) is 0 Å². The van der Waals surface area contributed by atoms with E-state index < -0.39 is 0 Å². The van der Waals surface area contributed by atoms with Crippen molar-refractivity contribution >= 4 is 35.0 Å². The zero-order valence-corrected chi connectivity index (χ0v) is 9.96. The SMILES string of the molecule is CC(=O)Cl.CC(C)(C)C(=O)CN.Cl. The lowest BCUT2D eigenvalue weighted by atomic mass is 9.91. The molecule has 0 aliphatic rings. The molecule has 0 unspecified atom stereocenters. The van der Waals surface area contributed by atoms with Crippen LogP contribution in [0.3, 0.4) is 0 Å². The summed E-state index contributed by atoms with van der Waals surface area (Å²) in [4.78, 5) is 19.9. The minimum atomic E-state index is -0.361. The first-order valence-corrected chi connectivity index (χ1v) is 3.99. The highest BCUT2D eigenvalue weighted by Gasteiger charge is 2.18. The molecule has 0 aliphatic carbocycles. The quantitative estimate of drug-likeness (QED) is 0.698. The Morgan fingerprint density at radius 2 is 1.54 bits per heavy atom. The first-order chi connectivity index (χ1) is 5.21. The second kappa shape index (κ2) is 8.48. The van der Waals surface area contributed by atoms with Crippen LogP contribution in [-0.4, -0.2) is 17.6 Å². The van der Waals surface area contributed by atoms with Crippen LogP contribution in [0.4, 0.5) is 0 Å². The van der Waals surface area contributed by atoms with E-state index in [4.69, 9.17) is 5.73 Å². The summed E-state index contributed by atoms with van der Waals surface area (Å²) in [5.74, 6) is 0.109. The van der Waals surface area contributed by atoms with Crippen LogP contribution in [0.2, 0.25) is 0 Å². The van der Waals surface area contributed by atoms with Crippen LogP contribution < -0.4 is 5.73 Å². The molecule has 0 aromatic carbocycles. The van der Waals surface area contributed by atoms with Crippen molar-refractivity contribution in [2.24, 2.45) is 11.1 Å². The molecule has 0 aliphatic heterocycles. The van der Waals surface area contributed by atoms with Crippen LogP contribution in [0.5, 0.6) is 0 Å². The van der Waals surface area contributed by atoms with Gasteiger partial charge in [-0.2, -0.15) is 0 Å². The molecule has 5 heteroatoms. The van der Waals surface area contributed by atoms with E-state index in [-0.39, 0.29) is 35.4 Å². The van der Waals surface area contributed by atoms with Crippen molar-refractivity contribution in [1.82, 2.24) is 0 Å². The fourth-order valence-corrected chi connectivity index (χ4v) is 0.306. The van der Waals surface area contributed by atoms with E-state index in [1.807, 2.05) is 20.8 Å². The molecule has 13 heavy (non-hydrogen) atoms. The van der Waals surface area contributed by atoms with Gasteiger partial charge >= 0.3 is 0 Å². The van der Waals surface area contributed by atoms with Crippen molar-refractivity contribution < 1.29 is 9.59 Å². The summed E-state index contributed by atoms with van der Waals surface area (Å²) in [5.41, 5.74) is 4.85. The van der Waals surface area contributed by atoms with Crippen molar-refractivity contribution in [1.29, 1.82) is 0 Å². The van der Waals surface area contributed by atoms with Crippen LogP contribution in [0, 0.1) is 5.41 Å². The Bertz CT molecular complexity index is 160. The lowest BCUT2D eigenvalue weighted by molar-refractivity contribution is -0.124. The van der Waals surface area contributed by atoms with Gasteiger partial charge in [-0.1, -0.05) is 20.8 Å². The Morgan fingerprint density at radius 1 is 1.31 bits per heavy atom. The third-order valence-electron chi connectivity index (χ3n) is 1.02. The highest BCUT2D eigenvalue weighted by atomic mass is 35.5. The van der Waals surface area contributed by atoms with Crippen LogP contribution in [0.25, 0.3) is 0 Å². The predicted molar refractivity (Wildman–Crippen MR) is 57.3 cm³/mol. The number of rotatable bonds is 1. The van der Waals surface area contributed by atoms with E-state index in [9.17, 15) is 9.59 Å². The molecule has 80 valence electrons. The topological polar surface area (TPSA) is 60.2 Å². The molecule has 3 nitrogen and oxygen atoms in total. The Morgan fingerprint density at radius 3 is 1.54 bits per heavy atom. The molecule has 0 amide bonds. The monoisotopic (exact) mass is 229 g/mol. The largest absolute Gasteiger partial charge is 0.324 e. The summed E-state index contributed by atoms with van der Waals surface area (Å²) in [6, 6.07) is 0. The van der Waals surface area contributed by atoms with E-state index in [1.165, 1.54) is 6.92 Å². The average Bonchev–Trinajstić information content (AvgIpc) is 1.82. The zero-order valence-electron chi connectivity index (χ0n) is 8.39. The molecule has 0 aromatic heterocycles. The van der Waals surface area contributed by atoms with Crippen molar-refractivity contribution in [2.75, 3.05) is 6.54 Å². The van der Waals surface area contributed by atoms with Gasteiger partial charge in [-0.05, 0) is 11.6 Å². The molecule has 0 bridgehead atoms. The summed E-state index contributed by atoms with van der Waals surface area (Å²) >= 11 is 4.64. The molecular weight excluding hydrogens is 213 g/mol. The fourth-order valence-electron chi connectivity index (χ4n) is 0.306. The molecule has 0 saturated heterocycles. The maximum atomic E-state index is 10.7. The molecule has 2 N–H and O–H groups in total. The maximum Gasteiger partial charge on any atom is 0.218 e. The summed E-state index contributed by atoms with van der Waals surface area (Å²) in [7, 11) is 0. The average molecular weight is 230 g/mol. The normalized spacial score (nSPS) is 9.08. The van der Waals surface area contributed by atoms with Gasteiger partial charge in [0.25, 0.3) is 0 Å². The number of carbonyl (C=O) groups excluding carboxylic acids is 2. The number of hydrogen-bond donors (Lipinski definition) is 1. The van der Waals surface area contributed by atoms with Gasteiger partial charge < -0.3 is 5.73 Å². The van der Waals surface area contributed by atoms with Crippen molar-refractivity contribution in [2.45, 2.75) is 27.7 Å². The lowest BCUT2D eigenvalue weighted by Crippen LogP contribution is -2.27. The first-order valence-electron chi connectivity index (χ1n) is 3.61.